The first-order chi connectivity index (χ1) is 13.4. The fourth-order valence-corrected chi connectivity index (χ4v) is 5.41. The number of fused-ring (bicyclic) bond motifs is 1. The highest BCUT2D eigenvalue weighted by molar-refractivity contribution is 7.55. The molecule has 154 valence electrons. The van der Waals surface area contributed by atoms with Gasteiger partial charge in [-0.2, -0.15) is 0 Å². The monoisotopic (exact) mass is 409 g/mol. The van der Waals surface area contributed by atoms with E-state index in [4.69, 9.17) is 0 Å². The third-order valence-electron chi connectivity index (χ3n) is 5.34. The molecule has 8 nitrogen and oxygen atoms in total. The van der Waals surface area contributed by atoms with Gasteiger partial charge in [0.2, 0.25) is 0 Å². The van der Waals surface area contributed by atoms with Crippen LogP contribution in [0.2, 0.25) is 0 Å². The Hall–Kier alpha value is -1.73. The molecule has 0 radical (unpaired) electrons. The number of rotatable bonds is 7. The first kappa shape index (κ1) is 21.0. The molecule has 0 aliphatic carbocycles. The first-order valence-corrected chi connectivity index (χ1v) is 11.7. The number of hydrogen-bond acceptors (Lipinski definition) is 4. The molecular weight excluding hydrogens is 381 g/mol. The van der Waals surface area contributed by atoms with Crippen molar-refractivity contribution in [3.63, 3.8) is 0 Å². The van der Waals surface area contributed by atoms with Crippen molar-refractivity contribution in [2.45, 2.75) is 50.6 Å². The van der Waals surface area contributed by atoms with Gasteiger partial charge in [0.15, 0.2) is 0 Å². The highest BCUT2D eigenvalue weighted by atomic mass is 31.2. The summed E-state index contributed by atoms with van der Waals surface area (Å²) in [5, 5.41) is 15.2. The number of benzene rings is 1. The van der Waals surface area contributed by atoms with Crippen LogP contribution < -0.4 is 5.09 Å². The SMILES string of the molecule is O=C(O)[C@@H]1CCCN2CCC[C@H](NP(=O)(O)CCCc3ccccc3)C(=O)N12. The lowest BCUT2D eigenvalue weighted by molar-refractivity contribution is -0.174. The van der Waals surface area contributed by atoms with E-state index in [9.17, 15) is 24.2 Å². The second kappa shape index (κ2) is 9.18. The maximum absolute atomic E-state index is 13.0. The number of hydrazine groups is 1. The average Bonchev–Trinajstić information content (AvgIpc) is 2.81. The second-order valence-corrected chi connectivity index (χ2v) is 9.58. The van der Waals surface area contributed by atoms with Gasteiger partial charge in [0.1, 0.15) is 6.04 Å². The summed E-state index contributed by atoms with van der Waals surface area (Å²) in [6.45, 7) is 1.22. The molecule has 3 N–H and O–H groups in total. The Morgan fingerprint density at radius 3 is 2.54 bits per heavy atom. The Bertz CT molecular complexity index is 744. The van der Waals surface area contributed by atoms with Crippen molar-refractivity contribution in [3.05, 3.63) is 35.9 Å². The highest BCUT2D eigenvalue weighted by Gasteiger charge is 2.42. The van der Waals surface area contributed by atoms with Crippen LogP contribution in [0.25, 0.3) is 0 Å². The summed E-state index contributed by atoms with van der Waals surface area (Å²) >= 11 is 0. The average molecular weight is 409 g/mol. The van der Waals surface area contributed by atoms with E-state index in [1.807, 2.05) is 30.3 Å². The molecule has 2 aliphatic rings. The van der Waals surface area contributed by atoms with Gasteiger partial charge in [0.25, 0.3) is 13.4 Å². The molecule has 2 heterocycles. The Kier molecular flexibility index (Phi) is 6.88. The van der Waals surface area contributed by atoms with E-state index in [0.29, 0.717) is 45.2 Å². The van der Waals surface area contributed by atoms with Gasteiger partial charge in [-0.25, -0.2) is 14.9 Å². The lowest BCUT2D eigenvalue weighted by Crippen LogP contribution is -2.60. The summed E-state index contributed by atoms with van der Waals surface area (Å²) in [5.74, 6) is -1.45. The summed E-state index contributed by atoms with van der Waals surface area (Å²) in [6, 6.07) is 7.99. The molecule has 1 aromatic rings. The number of carboxylic acids is 1. The third-order valence-corrected chi connectivity index (χ3v) is 6.98. The zero-order chi connectivity index (χ0) is 20.1. The first-order valence-electron chi connectivity index (χ1n) is 9.82. The van der Waals surface area contributed by atoms with E-state index < -0.39 is 31.5 Å². The van der Waals surface area contributed by atoms with Crippen molar-refractivity contribution in [3.8, 4) is 0 Å². The predicted molar refractivity (Wildman–Crippen MR) is 105 cm³/mol. The lowest BCUT2D eigenvalue weighted by atomic mass is 10.1. The number of nitrogens with one attached hydrogen (secondary N) is 1. The van der Waals surface area contributed by atoms with Crippen LogP contribution in [0.5, 0.6) is 0 Å². The van der Waals surface area contributed by atoms with Crippen molar-refractivity contribution in [2.75, 3.05) is 19.3 Å². The van der Waals surface area contributed by atoms with Gasteiger partial charge in [0, 0.05) is 19.3 Å². The summed E-state index contributed by atoms with van der Waals surface area (Å²) in [5.41, 5.74) is 1.10. The second-order valence-electron chi connectivity index (χ2n) is 7.47. The summed E-state index contributed by atoms with van der Waals surface area (Å²) < 4.78 is 12.6. The van der Waals surface area contributed by atoms with Crippen LogP contribution >= 0.6 is 7.52 Å². The number of aryl methyl sites for hydroxylation is 1. The van der Waals surface area contributed by atoms with Crippen LogP contribution in [0.4, 0.5) is 0 Å². The number of nitrogens with zero attached hydrogens (tertiary/aromatic N) is 2. The molecule has 9 heteroatoms. The van der Waals surface area contributed by atoms with Gasteiger partial charge >= 0.3 is 5.97 Å². The number of amides is 1. The lowest BCUT2D eigenvalue weighted by Gasteiger charge is -2.42. The molecule has 2 fully saturated rings. The minimum atomic E-state index is -3.71. The molecule has 0 spiro atoms. The van der Waals surface area contributed by atoms with Crippen molar-refractivity contribution in [1.82, 2.24) is 15.1 Å². The Labute approximate surface area is 165 Å². The van der Waals surface area contributed by atoms with Crippen molar-refractivity contribution in [2.24, 2.45) is 0 Å². The number of aliphatic carboxylic acids is 1. The zero-order valence-electron chi connectivity index (χ0n) is 15.9. The Balaban J connectivity index is 1.62. The van der Waals surface area contributed by atoms with Crippen molar-refractivity contribution >= 4 is 19.4 Å². The molecule has 0 bridgehead atoms. The molecule has 1 amide bonds. The quantitative estimate of drug-likeness (QED) is 0.590. The van der Waals surface area contributed by atoms with Crippen molar-refractivity contribution in [1.29, 1.82) is 0 Å². The fraction of sp³-hybridized carbons (Fsp3) is 0.579. The number of carbonyl (C=O) groups is 2. The topological polar surface area (TPSA) is 110 Å². The van der Waals surface area contributed by atoms with Crippen LogP contribution in [0, 0.1) is 0 Å². The maximum atomic E-state index is 13.0. The number of hydrogen-bond donors (Lipinski definition) is 3. The van der Waals surface area contributed by atoms with E-state index in [-0.39, 0.29) is 6.16 Å². The van der Waals surface area contributed by atoms with Gasteiger partial charge in [-0.3, -0.25) is 14.4 Å². The highest BCUT2D eigenvalue weighted by Crippen LogP contribution is 2.38. The summed E-state index contributed by atoms with van der Waals surface area (Å²) in [6.07, 6.45) is 3.48. The minimum absolute atomic E-state index is 0.0672. The zero-order valence-corrected chi connectivity index (χ0v) is 16.8. The largest absolute Gasteiger partial charge is 0.480 e. The third kappa shape index (κ3) is 5.20. The fourth-order valence-electron chi connectivity index (χ4n) is 3.97. The van der Waals surface area contributed by atoms with E-state index in [1.54, 1.807) is 5.01 Å². The summed E-state index contributed by atoms with van der Waals surface area (Å²) in [7, 11) is -3.71. The predicted octanol–water partition coefficient (Wildman–Crippen LogP) is 1.85. The molecular formula is C19H28N3O5P. The van der Waals surface area contributed by atoms with Gasteiger partial charge in [-0.05, 0) is 44.1 Å². The van der Waals surface area contributed by atoms with Gasteiger partial charge in [-0.1, -0.05) is 30.3 Å². The molecule has 3 rings (SSSR count). The molecule has 1 aromatic carbocycles. The number of carbonyl (C=O) groups excluding carboxylic acids is 1. The maximum Gasteiger partial charge on any atom is 0.328 e. The van der Waals surface area contributed by atoms with Gasteiger partial charge < -0.3 is 10.00 Å². The molecule has 1 unspecified atom stereocenters. The number of carboxylic acid groups (broad SMARTS) is 1. The molecule has 3 atom stereocenters. The van der Waals surface area contributed by atoms with Gasteiger partial charge in [-0.15, -0.1) is 0 Å². The Morgan fingerprint density at radius 1 is 1.18 bits per heavy atom. The van der Waals surface area contributed by atoms with Crippen molar-refractivity contribution < 1.29 is 24.2 Å². The van der Waals surface area contributed by atoms with E-state index in [1.165, 1.54) is 5.01 Å². The molecule has 2 saturated heterocycles. The van der Waals surface area contributed by atoms with Crippen LogP contribution in [-0.2, 0) is 20.6 Å². The molecule has 28 heavy (non-hydrogen) atoms. The van der Waals surface area contributed by atoms with E-state index in [2.05, 4.69) is 5.09 Å². The standard InChI is InChI=1S/C19H28N3O5P/c23-18-16(10-4-12-21-13-5-11-17(19(24)25)22(18)21)20-28(26,27)14-6-9-15-7-2-1-3-8-15/h1-3,7-8,16-17H,4-6,9-14H2,(H,24,25)(H2,20,26,27)/t16-,17-/m0/s1. The normalized spacial score (nSPS) is 25.6. The molecule has 0 aromatic heterocycles. The van der Waals surface area contributed by atoms with Crippen LogP contribution in [0.15, 0.2) is 30.3 Å². The van der Waals surface area contributed by atoms with Crippen LogP contribution in [0.3, 0.4) is 0 Å². The smallest absolute Gasteiger partial charge is 0.328 e. The minimum Gasteiger partial charge on any atom is -0.480 e. The van der Waals surface area contributed by atoms with Gasteiger partial charge in [0.05, 0.1) is 6.04 Å². The molecule has 0 saturated carbocycles. The van der Waals surface area contributed by atoms with Crippen LogP contribution in [-0.4, -0.2) is 63.2 Å². The van der Waals surface area contributed by atoms with E-state index >= 15 is 0 Å². The van der Waals surface area contributed by atoms with E-state index in [0.717, 1.165) is 12.0 Å². The molecule has 2 aliphatic heterocycles. The van der Waals surface area contributed by atoms with Crippen LogP contribution in [0.1, 0.15) is 37.7 Å². The summed E-state index contributed by atoms with van der Waals surface area (Å²) in [4.78, 5) is 35.0. The Morgan fingerprint density at radius 2 is 1.86 bits per heavy atom.